The van der Waals surface area contributed by atoms with Gasteiger partial charge in [-0.25, -0.2) is 5.43 Å². The van der Waals surface area contributed by atoms with Gasteiger partial charge in [0.05, 0.1) is 23.8 Å². The molecule has 0 aromatic heterocycles. The van der Waals surface area contributed by atoms with Crippen LogP contribution in [0.3, 0.4) is 0 Å². The second-order valence-electron chi connectivity index (χ2n) is 4.55. The van der Waals surface area contributed by atoms with Gasteiger partial charge in [-0.1, -0.05) is 15.9 Å². The van der Waals surface area contributed by atoms with Crippen molar-refractivity contribution in [3.05, 3.63) is 62.1 Å². The minimum absolute atomic E-state index is 0.0437. The molecule has 0 saturated heterocycles. The molecule has 2 aromatic rings. The molecule has 0 spiro atoms. The summed E-state index contributed by atoms with van der Waals surface area (Å²) in [6, 6.07) is 8.66. The van der Waals surface area contributed by atoms with Gasteiger partial charge in [-0.3, -0.25) is 14.9 Å². The van der Waals surface area contributed by atoms with Crippen LogP contribution in [0.5, 0.6) is 11.5 Å². The molecule has 0 atom stereocenters. The van der Waals surface area contributed by atoms with E-state index in [9.17, 15) is 20.0 Å². The minimum Gasteiger partial charge on any atom is -0.507 e. The molecule has 0 saturated carbocycles. The van der Waals surface area contributed by atoms with E-state index in [1.807, 2.05) is 0 Å². The summed E-state index contributed by atoms with van der Waals surface area (Å²) in [5.74, 6) is -0.681. The smallest absolute Gasteiger partial charge is 0.311 e. The molecule has 2 rings (SSSR count). The number of carbonyl (C=O) groups excluding carboxylic acids is 1. The maximum atomic E-state index is 11.9. The Morgan fingerprint density at radius 3 is 2.79 bits per heavy atom. The number of hydrogen-bond acceptors (Lipinski definition) is 6. The van der Waals surface area contributed by atoms with Gasteiger partial charge in [0, 0.05) is 16.1 Å². The van der Waals surface area contributed by atoms with E-state index in [4.69, 9.17) is 4.74 Å². The number of aromatic hydroxyl groups is 1. The number of rotatable bonds is 5. The number of halogens is 1. The number of carbonyl (C=O) groups is 1. The van der Waals surface area contributed by atoms with Gasteiger partial charge in [0.1, 0.15) is 5.75 Å². The topological polar surface area (TPSA) is 114 Å². The van der Waals surface area contributed by atoms with Crippen LogP contribution in [-0.2, 0) is 0 Å². The lowest BCUT2D eigenvalue weighted by Gasteiger charge is -2.04. The molecule has 0 radical (unpaired) electrons. The van der Waals surface area contributed by atoms with Gasteiger partial charge in [-0.05, 0) is 30.3 Å². The Kier molecular flexibility index (Phi) is 5.48. The van der Waals surface area contributed by atoms with E-state index in [0.29, 0.717) is 10.0 Å². The number of benzene rings is 2. The third kappa shape index (κ3) is 4.07. The number of hydrazone groups is 1. The van der Waals surface area contributed by atoms with Crippen LogP contribution in [0.4, 0.5) is 5.69 Å². The number of phenols is 1. The van der Waals surface area contributed by atoms with Crippen molar-refractivity contribution in [3.63, 3.8) is 0 Å². The Balaban J connectivity index is 2.14. The molecule has 0 fully saturated rings. The Morgan fingerprint density at radius 2 is 2.12 bits per heavy atom. The highest BCUT2D eigenvalue weighted by molar-refractivity contribution is 9.10. The molecule has 124 valence electrons. The Bertz CT molecular complexity index is 823. The first-order valence-electron chi connectivity index (χ1n) is 6.56. The van der Waals surface area contributed by atoms with E-state index < -0.39 is 10.8 Å². The molecule has 0 unspecified atom stereocenters. The van der Waals surface area contributed by atoms with Crippen LogP contribution < -0.4 is 10.2 Å². The molecule has 0 aliphatic carbocycles. The van der Waals surface area contributed by atoms with Crippen molar-refractivity contribution < 1.29 is 19.6 Å². The predicted molar refractivity (Wildman–Crippen MR) is 90.5 cm³/mol. The average Bonchev–Trinajstić information content (AvgIpc) is 2.56. The second-order valence-corrected chi connectivity index (χ2v) is 5.46. The van der Waals surface area contributed by atoms with Crippen molar-refractivity contribution in [1.82, 2.24) is 5.43 Å². The molecule has 0 aliphatic rings. The molecule has 1 amide bonds. The number of phenolic OH excluding ortho intramolecular Hbond substituents is 1. The molecule has 0 heterocycles. The van der Waals surface area contributed by atoms with Crippen molar-refractivity contribution in [2.75, 3.05) is 7.11 Å². The molecule has 2 aromatic carbocycles. The first kappa shape index (κ1) is 17.4. The Hall–Kier alpha value is -2.94. The summed E-state index contributed by atoms with van der Waals surface area (Å²) in [5, 5.41) is 24.3. The van der Waals surface area contributed by atoms with E-state index in [0.717, 1.165) is 0 Å². The summed E-state index contributed by atoms with van der Waals surface area (Å²) in [6.45, 7) is 0. The zero-order chi connectivity index (χ0) is 17.7. The van der Waals surface area contributed by atoms with E-state index >= 15 is 0 Å². The quantitative estimate of drug-likeness (QED) is 0.460. The fourth-order valence-electron chi connectivity index (χ4n) is 1.85. The van der Waals surface area contributed by atoms with Crippen LogP contribution in [0.2, 0.25) is 0 Å². The van der Waals surface area contributed by atoms with Gasteiger partial charge in [-0.2, -0.15) is 5.10 Å². The van der Waals surface area contributed by atoms with Crippen LogP contribution in [0.15, 0.2) is 46.0 Å². The second kappa shape index (κ2) is 7.55. The largest absolute Gasteiger partial charge is 0.507 e. The van der Waals surface area contributed by atoms with Crippen LogP contribution in [-0.4, -0.2) is 29.3 Å². The van der Waals surface area contributed by atoms with Crippen LogP contribution in [0.25, 0.3) is 0 Å². The highest BCUT2D eigenvalue weighted by atomic mass is 79.9. The Morgan fingerprint density at radius 1 is 1.38 bits per heavy atom. The lowest BCUT2D eigenvalue weighted by Crippen LogP contribution is -2.17. The summed E-state index contributed by atoms with van der Waals surface area (Å²) >= 11 is 3.20. The van der Waals surface area contributed by atoms with Crippen molar-refractivity contribution in [2.24, 2.45) is 5.10 Å². The fourth-order valence-corrected chi connectivity index (χ4v) is 2.21. The van der Waals surface area contributed by atoms with Crippen molar-refractivity contribution >= 4 is 33.7 Å². The van der Waals surface area contributed by atoms with E-state index in [1.165, 1.54) is 37.6 Å². The predicted octanol–water partition coefficient (Wildman–Crippen LogP) is 2.84. The fraction of sp³-hybridized carbons (Fsp3) is 0.0667. The van der Waals surface area contributed by atoms with Gasteiger partial charge in [0.25, 0.3) is 5.91 Å². The average molecular weight is 394 g/mol. The molecular weight excluding hydrogens is 382 g/mol. The van der Waals surface area contributed by atoms with E-state index in [-0.39, 0.29) is 22.7 Å². The molecule has 9 heteroatoms. The minimum atomic E-state index is -0.618. The van der Waals surface area contributed by atoms with Gasteiger partial charge in [0.2, 0.25) is 0 Å². The first-order chi connectivity index (χ1) is 11.4. The van der Waals surface area contributed by atoms with Gasteiger partial charge >= 0.3 is 5.69 Å². The summed E-state index contributed by atoms with van der Waals surface area (Å²) in [7, 11) is 1.33. The molecule has 24 heavy (non-hydrogen) atoms. The first-order valence-corrected chi connectivity index (χ1v) is 7.36. The van der Waals surface area contributed by atoms with Crippen LogP contribution >= 0.6 is 15.9 Å². The zero-order valence-corrected chi connectivity index (χ0v) is 14.0. The SMILES string of the molecule is COc1ccc(/C=N\NC(=O)c2cc(Br)ccc2O)cc1[N+](=O)[O-]. The van der Waals surface area contributed by atoms with Gasteiger partial charge < -0.3 is 9.84 Å². The molecular formula is C15H12BrN3O5. The summed E-state index contributed by atoms with van der Waals surface area (Å²) in [6.07, 6.45) is 1.25. The maximum Gasteiger partial charge on any atom is 0.311 e. The van der Waals surface area contributed by atoms with Crippen LogP contribution in [0, 0.1) is 10.1 Å². The van der Waals surface area contributed by atoms with Gasteiger partial charge in [0.15, 0.2) is 5.75 Å². The third-order valence-electron chi connectivity index (χ3n) is 2.98. The Labute approximate surface area is 145 Å². The van der Waals surface area contributed by atoms with Crippen LogP contribution in [0.1, 0.15) is 15.9 Å². The highest BCUT2D eigenvalue weighted by Crippen LogP contribution is 2.27. The molecule has 0 aliphatic heterocycles. The normalized spacial score (nSPS) is 10.6. The number of nitro benzene ring substituents is 1. The van der Waals surface area contributed by atoms with Crippen molar-refractivity contribution in [1.29, 1.82) is 0 Å². The number of hydrogen-bond donors (Lipinski definition) is 2. The van der Waals surface area contributed by atoms with Crippen molar-refractivity contribution in [2.45, 2.75) is 0 Å². The standard InChI is InChI=1S/C15H12BrN3O5/c1-24-14-5-2-9(6-12(14)19(22)23)8-17-18-15(21)11-7-10(16)3-4-13(11)20/h2-8,20H,1H3,(H,18,21)/b17-8-. The number of ether oxygens (including phenoxy) is 1. The number of nitrogens with one attached hydrogen (secondary N) is 1. The number of amides is 1. The number of methoxy groups -OCH3 is 1. The third-order valence-corrected chi connectivity index (χ3v) is 3.48. The molecule has 8 nitrogen and oxygen atoms in total. The summed E-state index contributed by atoms with van der Waals surface area (Å²) < 4.78 is 5.52. The molecule has 0 bridgehead atoms. The summed E-state index contributed by atoms with van der Waals surface area (Å²) in [5.41, 5.74) is 2.48. The monoisotopic (exact) mass is 393 g/mol. The van der Waals surface area contributed by atoms with Gasteiger partial charge in [-0.15, -0.1) is 0 Å². The lowest BCUT2D eigenvalue weighted by atomic mass is 10.2. The highest BCUT2D eigenvalue weighted by Gasteiger charge is 2.14. The maximum absolute atomic E-state index is 11.9. The number of nitrogens with zero attached hydrogens (tertiary/aromatic N) is 2. The molecule has 2 N–H and O–H groups in total. The number of nitro groups is 1. The lowest BCUT2D eigenvalue weighted by molar-refractivity contribution is -0.385. The van der Waals surface area contributed by atoms with E-state index in [1.54, 1.807) is 12.1 Å². The summed E-state index contributed by atoms with van der Waals surface area (Å²) in [4.78, 5) is 22.3. The zero-order valence-electron chi connectivity index (χ0n) is 12.4. The van der Waals surface area contributed by atoms with Crippen molar-refractivity contribution in [3.8, 4) is 11.5 Å². The van der Waals surface area contributed by atoms with E-state index in [2.05, 4.69) is 26.5 Å².